The molecule has 0 aliphatic heterocycles. The van der Waals surface area contributed by atoms with Crippen LogP contribution in [0, 0.1) is 5.92 Å². The van der Waals surface area contributed by atoms with Crippen LogP contribution in [0.25, 0.3) is 0 Å². The van der Waals surface area contributed by atoms with Gasteiger partial charge in [0.05, 0.1) is 0 Å². The largest absolute Gasteiger partial charge is 0.370 e. The molecule has 10 nitrogen and oxygen atoms in total. The van der Waals surface area contributed by atoms with Gasteiger partial charge in [-0.05, 0) is 32.7 Å². The lowest BCUT2D eigenvalue weighted by atomic mass is 9.96. The maximum Gasteiger partial charge on any atom is 0.220 e. The molecule has 0 radical (unpaired) electrons. The van der Waals surface area contributed by atoms with Crippen molar-refractivity contribution in [3.05, 3.63) is 0 Å². The Labute approximate surface area is 159 Å². The predicted octanol–water partition coefficient (Wildman–Crippen LogP) is -1.17. The fourth-order valence-corrected chi connectivity index (χ4v) is 2.01. The first-order chi connectivity index (χ1) is 12.6. The molecule has 1 atom stereocenters. The van der Waals surface area contributed by atoms with Crippen LogP contribution < -0.4 is 28.3 Å². The van der Waals surface area contributed by atoms with Crippen LogP contribution in [0.15, 0.2) is 0 Å². The van der Waals surface area contributed by atoms with Gasteiger partial charge in [0.2, 0.25) is 23.6 Å². The van der Waals surface area contributed by atoms with Gasteiger partial charge in [0, 0.05) is 38.1 Å². The van der Waals surface area contributed by atoms with Crippen molar-refractivity contribution in [3.8, 4) is 0 Å². The number of nitrogens with two attached hydrogens (primary N) is 4. The maximum atomic E-state index is 11.5. The zero-order chi connectivity index (χ0) is 21.2. The summed E-state index contributed by atoms with van der Waals surface area (Å²) in [5.74, 6) is -2.54. The Balaban J connectivity index is 0. The van der Waals surface area contributed by atoms with E-state index in [2.05, 4.69) is 5.32 Å². The highest BCUT2D eigenvalue weighted by Crippen LogP contribution is 2.09. The van der Waals surface area contributed by atoms with E-state index in [4.69, 9.17) is 22.9 Å². The maximum absolute atomic E-state index is 11.5. The van der Waals surface area contributed by atoms with Crippen LogP contribution in [0.1, 0.15) is 58.3 Å². The summed E-state index contributed by atoms with van der Waals surface area (Å²) in [6, 6.07) is 0. The summed E-state index contributed by atoms with van der Waals surface area (Å²) in [7, 11) is 0. The average Bonchev–Trinajstić information content (AvgIpc) is 2.55. The quantitative estimate of drug-likeness (QED) is 0.232. The van der Waals surface area contributed by atoms with Crippen LogP contribution in [-0.2, 0) is 24.0 Å². The van der Waals surface area contributed by atoms with Crippen molar-refractivity contribution in [3.63, 3.8) is 0 Å². The minimum Gasteiger partial charge on any atom is -0.370 e. The Hall–Kier alpha value is -2.49. The molecular formula is C17H33N5O5. The molecule has 156 valence electrons. The minimum atomic E-state index is -0.682. The highest BCUT2D eigenvalue weighted by molar-refractivity contribution is 5.89. The highest BCUT2D eigenvalue weighted by atomic mass is 16.2. The minimum absolute atomic E-state index is 0.0746. The zero-order valence-corrected chi connectivity index (χ0v) is 16.0. The molecule has 0 saturated carbocycles. The van der Waals surface area contributed by atoms with E-state index in [1.165, 1.54) is 6.92 Å². The van der Waals surface area contributed by atoms with E-state index in [0.29, 0.717) is 25.9 Å². The number of rotatable bonds is 14. The third-order valence-electron chi connectivity index (χ3n) is 3.50. The van der Waals surface area contributed by atoms with Gasteiger partial charge in [-0.2, -0.15) is 0 Å². The summed E-state index contributed by atoms with van der Waals surface area (Å²) in [6.45, 7) is 2.33. The van der Waals surface area contributed by atoms with Gasteiger partial charge in [-0.15, -0.1) is 0 Å². The number of hydrogen-bond acceptors (Lipinski definition) is 6. The van der Waals surface area contributed by atoms with Crippen molar-refractivity contribution >= 4 is 29.4 Å². The van der Waals surface area contributed by atoms with Crippen LogP contribution >= 0.6 is 0 Å². The standard InChI is InChI=1S/C11H19N3O4.C6H14N2O/c1-7(15)8(5-10(13)17)6-11(18)14-4-2-3-9(12)16;7-5-3-1-2-4-6(8)9/h8H,2-6H2,1H3,(H2,12,16)(H2,13,17)(H,14,18);1-5,7H2,(H2,8,9). The summed E-state index contributed by atoms with van der Waals surface area (Å²) < 4.78 is 0. The van der Waals surface area contributed by atoms with Gasteiger partial charge in [0.15, 0.2) is 0 Å². The topological polar surface area (TPSA) is 201 Å². The number of ketones is 1. The Morgan fingerprint density at radius 3 is 1.78 bits per heavy atom. The van der Waals surface area contributed by atoms with Gasteiger partial charge in [0.25, 0.3) is 0 Å². The first kappa shape index (κ1) is 26.7. The zero-order valence-electron chi connectivity index (χ0n) is 16.0. The van der Waals surface area contributed by atoms with Gasteiger partial charge in [-0.3, -0.25) is 24.0 Å². The third kappa shape index (κ3) is 21.5. The van der Waals surface area contributed by atoms with Gasteiger partial charge in [-0.25, -0.2) is 0 Å². The molecule has 0 bridgehead atoms. The van der Waals surface area contributed by atoms with Crippen LogP contribution in [0.4, 0.5) is 0 Å². The third-order valence-corrected chi connectivity index (χ3v) is 3.50. The lowest BCUT2D eigenvalue weighted by molar-refractivity contribution is -0.130. The number of amides is 4. The Bertz CT molecular complexity index is 496. The monoisotopic (exact) mass is 387 g/mol. The number of carbonyl (C=O) groups excluding carboxylic acids is 5. The summed E-state index contributed by atoms with van der Waals surface area (Å²) in [6.07, 6.45) is 3.82. The normalized spacial score (nSPS) is 10.9. The predicted molar refractivity (Wildman–Crippen MR) is 101 cm³/mol. The fourth-order valence-electron chi connectivity index (χ4n) is 2.01. The SMILES string of the molecule is CC(=O)C(CC(N)=O)CC(=O)NCCCC(N)=O.NCCCCCC(N)=O. The van der Waals surface area contributed by atoms with Crippen molar-refractivity contribution < 1.29 is 24.0 Å². The second-order valence-corrected chi connectivity index (χ2v) is 6.17. The van der Waals surface area contributed by atoms with Crippen molar-refractivity contribution in [1.82, 2.24) is 5.32 Å². The molecule has 0 heterocycles. The van der Waals surface area contributed by atoms with Crippen molar-refractivity contribution in [2.45, 2.75) is 58.3 Å². The summed E-state index contributed by atoms with van der Waals surface area (Å²) >= 11 is 0. The molecule has 0 rings (SSSR count). The van der Waals surface area contributed by atoms with E-state index in [-0.39, 0.29) is 36.9 Å². The highest BCUT2D eigenvalue weighted by Gasteiger charge is 2.20. The first-order valence-corrected chi connectivity index (χ1v) is 8.92. The van der Waals surface area contributed by atoms with Crippen LogP contribution in [0.2, 0.25) is 0 Å². The molecule has 0 saturated heterocycles. The average molecular weight is 387 g/mol. The van der Waals surface area contributed by atoms with E-state index >= 15 is 0 Å². The number of carbonyl (C=O) groups is 5. The van der Waals surface area contributed by atoms with E-state index in [9.17, 15) is 24.0 Å². The Morgan fingerprint density at radius 1 is 0.778 bits per heavy atom. The van der Waals surface area contributed by atoms with Crippen LogP contribution in [0.5, 0.6) is 0 Å². The lowest BCUT2D eigenvalue weighted by Crippen LogP contribution is -2.31. The van der Waals surface area contributed by atoms with Crippen molar-refractivity contribution in [1.29, 1.82) is 0 Å². The number of nitrogens with one attached hydrogen (secondary N) is 1. The van der Waals surface area contributed by atoms with Gasteiger partial charge in [-0.1, -0.05) is 6.42 Å². The van der Waals surface area contributed by atoms with Crippen molar-refractivity contribution in [2.24, 2.45) is 28.9 Å². The summed E-state index contributed by atoms with van der Waals surface area (Å²) in [5, 5.41) is 2.55. The van der Waals surface area contributed by atoms with Gasteiger partial charge in [0.1, 0.15) is 5.78 Å². The van der Waals surface area contributed by atoms with E-state index in [1.54, 1.807) is 0 Å². The molecule has 0 aromatic rings. The number of unbranched alkanes of at least 4 members (excludes halogenated alkanes) is 2. The molecule has 0 aromatic carbocycles. The molecule has 1 unspecified atom stereocenters. The van der Waals surface area contributed by atoms with Crippen LogP contribution in [-0.4, -0.2) is 42.5 Å². The Morgan fingerprint density at radius 2 is 1.33 bits per heavy atom. The molecule has 0 spiro atoms. The number of Topliss-reactive ketones (excluding diaryl/α,β-unsaturated/α-hetero) is 1. The molecular weight excluding hydrogens is 354 g/mol. The molecule has 0 fully saturated rings. The van der Waals surface area contributed by atoms with E-state index in [0.717, 1.165) is 19.3 Å². The lowest BCUT2D eigenvalue weighted by Gasteiger charge is -2.11. The summed E-state index contributed by atoms with van der Waals surface area (Å²) in [4.78, 5) is 54.0. The molecule has 27 heavy (non-hydrogen) atoms. The number of primary amides is 3. The molecule has 0 aromatic heterocycles. The molecule has 0 aliphatic rings. The Kier molecular flexibility index (Phi) is 16.8. The van der Waals surface area contributed by atoms with Crippen molar-refractivity contribution in [2.75, 3.05) is 13.1 Å². The van der Waals surface area contributed by atoms with Gasteiger partial charge >= 0.3 is 0 Å². The fraction of sp³-hybridized carbons (Fsp3) is 0.706. The van der Waals surface area contributed by atoms with Crippen LogP contribution in [0.3, 0.4) is 0 Å². The second-order valence-electron chi connectivity index (χ2n) is 6.17. The number of hydrogen-bond donors (Lipinski definition) is 5. The molecule has 0 aliphatic carbocycles. The first-order valence-electron chi connectivity index (χ1n) is 8.92. The van der Waals surface area contributed by atoms with Gasteiger partial charge < -0.3 is 28.3 Å². The molecule has 4 amide bonds. The smallest absolute Gasteiger partial charge is 0.220 e. The molecule has 9 N–H and O–H groups in total. The molecule has 10 heteroatoms. The summed E-state index contributed by atoms with van der Waals surface area (Å²) in [5.41, 5.74) is 20.1. The van der Waals surface area contributed by atoms with E-state index < -0.39 is 17.7 Å². The van der Waals surface area contributed by atoms with E-state index in [1.807, 2.05) is 0 Å². The second kappa shape index (κ2) is 17.0.